The van der Waals surface area contributed by atoms with Gasteiger partial charge >= 0.3 is 5.97 Å². The molecule has 0 saturated heterocycles. The maximum atomic E-state index is 12.2. The summed E-state index contributed by atoms with van der Waals surface area (Å²) in [6, 6.07) is 7.44. The van der Waals surface area contributed by atoms with Gasteiger partial charge in [-0.2, -0.15) is 0 Å². The van der Waals surface area contributed by atoms with Gasteiger partial charge in [-0.1, -0.05) is 12.1 Å². The number of nitrogens with one attached hydrogen (secondary N) is 1. The van der Waals surface area contributed by atoms with Crippen LogP contribution in [0, 0.1) is 13.8 Å². The number of benzene rings is 1. The second-order valence-corrected chi connectivity index (χ2v) is 6.42. The summed E-state index contributed by atoms with van der Waals surface area (Å²) in [5, 5.41) is 3.48. The van der Waals surface area contributed by atoms with E-state index in [0.29, 0.717) is 16.5 Å². The van der Waals surface area contributed by atoms with E-state index in [1.54, 1.807) is 20.1 Å². The number of methoxy groups -OCH3 is 1. The number of esters is 1. The van der Waals surface area contributed by atoms with Crippen molar-refractivity contribution in [1.82, 2.24) is 0 Å². The first-order chi connectivity index (χ1) is 11.4. The fourth-order valence-electron chi connectivity index (χ4n) is 2.36. The lowest BCUT2D eigenvalue weighted by molar-refractivity contribution is -0.115. The van der Waals surface area contributed by atoms with Gasteiger partial charge in [-0.3, -0.25) is 4.79 Å². The second-order valence-electron chi connectivity index (χ2n) is 5.37. The Hall–Kier alpha value is -2.34. The number of anilines is 1. The highest BCUT2D eigenvalue weighted by Gasteiger charge is 2.16. The van der Waals surface area contributed by atoms with Crippen molar-refractivity contribution < 1.29 is 19.1 Å². The molecule has 6 heteroatoms. The lowest BCUT2D eigenvalue weighted by Crippen LogP contribution is -2.13. The third-order valence-electron chi connectivity index (χ3n) is 3.47. The van der Waals surface area contributed by atoms with Crippen molar-refractivity contribution in [1.29, 1.82) is 0 Å². The van der Waals surface area contributed by atoms with E-state index in [0.717, 1.165) is 22.4 Å². The van der Waals surface area contributed by atoms with Gasteiger partial charge in [0.15, 0.2) is 0 Å². The largest absolute Gasteiger partial charge is 0.496 e. The molecule has 0 atom stereocenters. The van der Waals surface area contributed by atoms with E-state index < -0.39 is 0 Å². The van der Waals surface area contributed by atoms with Crippen LogP contribution in [0.25, 0.3) is 0 Å². The summed E-state index contributed by atoms with van der Waals surface area (Å²) in [5.74, 6) is 0.314. The van der Waals surface area contributed by atoms with E-state index in [1.807, 2.05) is 32.0 Å². The molecule has 0 aliphatic rings. The fourth-order valence-corrected chi connectivity index (χ4v) is 3.34. The summed E-state index contributed by atoms with van der Waals surface area (Å²) >= 11 is 1.23. The summed E-state index contributed by atoms with van der Waals surface area (Å²) in [6.07, 6.45) is 0.260. The number of carbonyl (C=O) groups excluding carboxylic acids is 2. The van der Waals surface area contributed by atoms with Crippen LogP contribution < -0.4 is 10.1 Å². The van der Waals surface area contributed by atoms with Gasteiger partial charge in [-0.25, -0.2) is 4.79 Å². The van der Waals surface area contributed by atoms with Crippen LogP contribution in [0.3, 0.4) is 0 Å². The minimum absolute atomic E-state index is 0.128. The number of hydrogen-bond acceptors (Lipinski definition) is 5. The van der Waals surface area contributed by atoms with Crippen molar-refractivity contribution in [3.05, 3.63) is 45.8 Å². The topological polar surface area (TPSA) is 64.6 Å². The molecule has 0 unspecified atom stereocenters. The van der Waals surface area contributed by atoms with E-state index >= 15 is 0 Å². The molecule has 2 aromatic rings. The molecule has 0 spiro atoms. The number of amides is 1. The van der Waals surface area contributed by atoms with E-state index in [2.05, 4.69) is 5.32 Å². The highest BCUT2D eigenvalue weighted by atomic mass is 32.1. The van der Waals surface area contributed by atoms with Crippen LogP contribution in [-0.4, -0.2) is 25.6 Å². The highest BCUT2D eigenvalue weighted by Crippen LogP contribution is 2.27. The van der Waals surface area contributed by atoms with Gasteiger partial charge in [0.25, 0.3) is 0 Å². The molecule has 0 saturated carbocycles. The van der Waals surface area contributed by atoms with Crippen molar-refractivity contribution in [3.8, 4) is 5.75 Å². The standard InChI is InChI=1S/C18H21NO4S/c1-5-23-18(21)17-12(3)9-16(24-17)19-15(20)10-13-6-7-14(22-4)11(2)8-13/h6-9H,5,10H2,1-4H3,(H,19,20). The molecule has 2 rings (SSSR count). The zero-order valence-electron chi connectivity index (χ0n) is 14.3. The Morgan fingerprint density at radius 2 is 1.92 bits per heavy atom. The molecule has 0 fully saturated rings. The number of carbonyl (C=O) groups is 2. The first kappa shape index (κ1) is 18.0. The van der Waals surface area contributed by atoms with Gasteiger partial charge in [0, 0.05) is 0 Å². The first-order valence-electron chi connectivity index (χ1n) is 7.65. The van der Waals surface area contributed by atoms with E-state index in [-0.39, 0.29) is 18.3 Å². The summed E-state index contributed by atoms with van der Waals surface area (Å²) < 4.78 is 10.2. The lowest BCUT2D eigenvalue weighted by Gasteiger charge is -2.07. The SMILES string of the molecule is CCOC(=O)c1sc(NC(=O)Cc2ccc(OC)c(C)c2)cc1C. The Bertz CT molecular complexity index is 751. The fraction of sp³-hybridized carbons (Fsp3) is 0.333. The third kappa shape index (κ3) is 4.35. The molecule has 0 radical (unpaired) electrons. The Kier molecular flexibility index (Phi) is 5.98. The molecular weight excluding hydrogens is 326 g/mol. The van der Waals surface area contributed by atoms with Crippen molar-refractivity contribution in [2.45, 2.75) is 27.2 Å². The van der Waals surface area contributed by atoms with Crippen molar-refractivity contribution >= 4 is 28.2 Å². The summed E-state index contributed by atoms with van der Waals surface area (Å²) in [4.78, 5) is 24.5. The first-order valence-corrected chi connectivity index (χ1v) is 8.47. The molecule has 1 aromatic heterocycles. The molecule has 0 aliphatic heterocycles. The minimum atomic E-state index is -0.355. The lowest BCUT2D eigenvalue weighted by atomic mass is 10.1. The molecule has 5 nitrogen and oxygen atoms in total. The molecule has 0 aliphatic carbocycles. The van der Waals surface area contributed by atoms with E-state index in [4.69, 9.17) is 9.47 Å². The summed E-state index contributed by atoms with van der Waals surface area (Å²) in [5.41, 5.74) is 2.69. The Balaban J connectivity index is 2.03. The van der Waals surface area contributed by atoms with Crippen LogP contribution in [0.2, 0.25) is 0 Å². The monoisotopic (exact) mass is 347 g/mol. The van der Waals surface area contributed by atoms with Gasteiger partial charge in [-0.15, -0.1) is 11.3 Å². The average molecular weight is 347 g/mol. The Morgan fingerprint density at radius 3 is 2.54 bits per heavy atom. The number of hydrogen-bond donors (Lipinski definition) is 1. The minimum Gasteiger partial charge on any atom is -0.496 e. The maximum Gasteiger partial charge on any atom is 0.348 e. The van der Waals surface area contributed by atoms with Gasteiger partial charge in [-0.05, 0) is 49.6 Å². The van der Waals surface area contributed by atoms with Crippen LogP contribution in [0.15, 0.2) is 24.3 Å². The molecule has 24 heavy (non-hydrogen) atoms. The molecule has 128 valence electrons. The predicted molar refractivity (Wildman–Crippen MR) is 95.1 cm³/mol. The molecule has 1 N–H and O–H groups in total. The van der Waals surface area contributed by atoms with Crippen LogP contribution in [0.5, 0.6) is 5.75 Å². The number of thiophene rings is 1. The normalized spacial score (nSPS) is 10.3. The zero-order valence-corrected chi connectivity index (χ0v) is 15.1. The van der Waals surface area contributed by atoms with Crippen molar-refractivity contribution in [2.75, 3.05) is 19.0 Å². The van der Waals surface area contributed by atoms with Crippen molar-refractivity contribution in [2.24, 2.45) is 0 Å². The molecule has 1 heterocycles. The molecular formula is C18H21NO4S. The zero-order chi connectivity index (χ0) is 17.7. The molecule has 1 amide bonds. The Morgan fingerprint density at radius 1 is 1.17 bits per heavy atom. The predicted octanol–water partition coefficient (Wildman–Crippen LogP) is 3.73. The van der Waals surface area contributed by atoms with Crippen LogP contribution in [-0.2, 0) is 16.0 Å². The Labute approximate surface area is 145 Å². The average Bonchev–Trinajstić information content (AvgIpc) is 2.88. The van der Waals surface area contributed by atoms with E-state index in [1.165, 1.54) is 11.3 Å². The molecule has 0 bridgehead atoms. The highest BCUT2D eigenvalue weighted by molar-refractivity contribution is 7.18. The molecule has 1 aromatic carbocycles. The second kappa shape index (κ2) is 7.97. The quantitative estimate of drug-likeness (QED) is 0.809. The third-order valence-corrected chi connectivity index (χ3v) is 4.60. The summed E-state index contributed by atoms with van der Waals surface area (Å²) in [7, 11) is 1.62. The van der Waals surface area contributed by atoms with Crippen LogP contribution in [0.4, 0.5) is 5.00 Å². The maximum absolute atomic E-state index is 12.2. The van der Waals surface area contributed by atoms with Gasteiger partial charge in [0.05, 0.1) is 25.1 Å². The van der Waals surface area contributed by atoms with E-state index in [9.17, 15) is 9.59 Å². The van der Waals surface area contributed by atoms with Gasteiger partial charge in [0.2, 0.25) is 5.91 Å². The van der Waals surface area contributed by atoms with Crippen molar-refractivity contribution in [3.63, 3.8) is 0 Å². The summed E-state index contributed by atoms with van der Waals surface area (Å²) in [6.45, 7) is 5.86. The van der Waals surface area contributed by atoms with Crippen LogP contribution >= 0.6 is 11.3 Å². The smallest absolute Gasteiger partial charge is 0.348 e. The van der Waals surface area contributed by atoms with Gasteiger partial charge < -0.3 is 14.8 Å². The number of rotatable bonds is 6. The number of ether oxygens (including phenoxy) is 2. The van der Waals surface area contributed by atoms with Crippen LogP contribution in [0.1, 0.15) is 33.3 Å². The van der Waals surface area contributed by atoms with Gasteiger partial charge in [0.1, 0.15) is 10.6 Å². The number of aryl methyl sites for hydroxylation is 2.